The Morgan fingerprint density at radius 2 is 2.17 bits per heavy atom. The largest absolute Gasteiger partial charge is 0.352 e. The molecule has 0 saturated carbocycles. The normalized spacial score (nSPS) is 13.8. The van der Waals surface area contributed by atoms with Crippen LogP contribution in [0.3, 0.4) is 0 Å². The van der Waals surface area contributed by atoms with Gasteiger partial charge in [-0.05, 0) is 43.7 Å². The second-order valence-electron chi connectivity index (χ2n) is 7.33. The Hall–Kier alpha value is -3.07. The molecular formula is C21H24N6O2S. The summed E-state index contributed by atoms with van der Waals surface area (Å²) in [5, 5.41) is 9.27. The fourth-order valence-corrected chi connectivity index (χ4v) is 4.32. The van der Waals surface area contributed by atoms with Crippen molar-refractivity contribution in [2.45, 2.75) is 33.1 Å². The molecule has 1 aliphatic rings. The summed E-state index contributed by atoms with van der Waals surface area (Å²) in [5.74, 6) is 0.462. The summed E-state index contributed by atoms with van der Waals surface area (Å²) in [6, 6.07) is 4.01. The fourth-order valence-electron chi connectivity index (χ4n) is 3.54. The number of amides is 2. The van der Waals surface area contributed by atoms with Crippen LogP contribution in [-0.4, -0.2) is 56.1 Å². The van der Waals surface area contributed by atoms with Crippen LogP contribution in [-0.2, 0) is 4.79 Å². The number of thiophene rings is 1. The second kappa shape index (κ2) is 8.74. The number of nitrogens with zero attached hydrogens (tertiary/aromatic N) is 5. The summed E-state index contributed by atoms with van der Waals surface area (Å²) < 4.78 is 1.59. The van der Waals surface area contributed by atoms with Gasteiger partial charge in [-0.15, -0.1) is 11.3 Å². The molecule has 1 N–H and O–H groups in total. The summed E-state index contributed by atoms with van der Waals surface area (Å²) in [6.07, 6.45) is 5.62. The van der Waals surface area contributed by atoms with Crippen molar-refractivity contribution in [3.63, 3.8) is 0 Å². The van der Waals surface area contributed by atoms with Crippen LogP contribution in [0, 0.1) is 13.8 Å². The average Bonchev–Trinajstić information content (AvgIpc) is 3.48. The first-order valence-corrected chi connectivity index (χ1v) is 10.9. The number of aryl methyl sites for hydroxylation is 1. The lowest BCUT2D eigenvalue weighted by atomic mass is 10.2. The van der Waals surface area contributed by atoms with Gasteiger partial charge in [-0.1, -0.05) is 6.07 Å². The second-order valence-corrected chi connectivity index (χ2v) is 8.28. The highest BCUT2D eigenvalue weighted by Crippen LogP contribution is 2.26. The van der Waals surface area contributed by atoms with Crippen LogP contribution in [0.5, 0.6) is 0 Å². The molecule has 0 unspecified atom stereocenters. The Morgan fingerprint density at radius 1 is 1.30 bits per heavy atom. The summed E-state index contributed by atoms with van der Waals surface area (Å²) in [7, 11) is 0. The summed E-state index contributed by atoms with van der Waals surface area (Å²) >= 11 is 1.62. The smallest absolute Gasteiger partial charge is 0.254 e. The van der Waals surface area contributed by atoms with Gasteiger partial charge in [0.15, 0.2) is 0 Å². The third kappa shape index (κ3) is 4.11. The molecule has 3 aromatic rings. The first kappa shape index (κ1) is 20.2. The molecule has 1 fully saturated rings. The van der Waals surface area contributed by atoms with E-state index in [1.54, 1.807) is 28.4 Å². The first-order chi connectivity index (χ1) is 14.5. The number of rotatable bonds is 7. The predicted molar refractivity (Wildman–Crippen MR) is 115 cm³/mol. The molecule has 156 valence electrons. The van der Waals surface area contributed by atoms with E-state index in [9.17, 15) is 9.59 Å². The Balaban J connectivity index is 1.43. The van der Waals surface area contributed by atoms with Gasteiger partial charge in [-0.25, -0.2) is 14.6 Å². The standard InChI is InChI=1S/C21H24N6O2S/c1-14-12-23-21(25-19(14)17-6-4-11-30-17)27-15(2)16(13-24-27)20(29)22-8-5-10-26-9-3-7-18(26)28/h4,6,11-13H,3,5,7-10H2,1-2H3,(H,22,29). The van der Waals surface area contributed by atoms with Crippen molar-refractivity contribution in [2.24, 2.45) is 0 Å². The van der Waals surface area contributed by atoms with Crippen LogP contribution in [0.4, 0.5) is 0 Å². The highest BCUT2D eigenvalue weighted by atomic mass is 32.1. The average molecular weight is 425 g/mol. The Kier molecular flexibility index (Phi) is 5.89. The van der Waals surface area contributed by atoms with E-state index in [-0.39, 0.29) is 11.8 Å². The Morgan fingerprint density at radius 3 is 2.90 bits per heavy atom. The lowest BCUT2D eigenvalue weighted by Gasteiger charge is -2.15. The van der Waals surface area contributed by atoms with Crippen LogP contribution in [0.15, 0.2) is 29.9 Å². The molecule has 4 rings (SSSR count). The third-order valence-electron chi connectivity index (χ3n) is 5.22. The minimum Gasteiger partial charge on any atom is -0.352 e. The van der Waals surface area contributed by atoms with Crippen molar-refractivity contribution in [1.29, 1.82) is 0 Å². The predicted octanol–water partition coefficient (Wildman–Crippen LogP) is 2.75. The topological polar surface area (TPSA) is 93.0 Å². The molecule has 8 nitrogen and oxygen atoms in total. The third-order valence-corrected chi connectivity index (χ3v) is 6.10. The van der Waals surface area contributed by atoms with Gasteiger partial charge >= 0.3 is 0 Å². The van der Waals surface area contributed by atoms with Crippen molar-refractivity contribution in [3.05, 3.63) is 46.7 Å². The lowest BCUT2D eigenvalue weighted by Crippen LogP contribution is -2.30. The molecule has 4 heterocycles. The van der Waals surface area contributed by atoms with Gasteiger partial charge in [0.2, 0.25) is 5.91 Å². The monoisotopic (exact) mass is 424 g/mol. The molecule has 2 amide bonds. The number of hydrogen-bond acceptors (Lipinski definition) is 6. The molecule has 1 saturated heterocycles. The van der Waals surface area contributed by atoms with E-state index in [2.05, 4.69) is 20.4 Å². The quantitative estimate of drug-likeness (QED) is 0.589. The van der Waals surface area contributed by atoms with Crippen LogP contribution >= 0.6 is 11.3 Å². The number of carbonyl (C=O) groups is 2. The van der Waals surface area contributed by atoms with Crippen LogP contribution in [0.2, 0.25) is 0 Å². The van der Waals surface area contributed by atoms with E-state index >= 15 is 0 Å². The van der Waals surface area contributed by atoms with Crippen molar-refractivity contribution in [3.8, 4) is 16.5 Å². The van der Waals surface area contributed by atoms with Gasteiger partial charge in [0.1, 0.15) is 0 Å². The zero-order valence-electron chi connectivity index (χ0n) is 17.1. The number of carbonyl (C=O) groups excluding carboxylic acids is 2. The van der Waals surface area contributed by atoms with Gasteiger partial charge < -0.3 is 10.2 Å². The molecule has 0 aromatic carbocycles. The van der Waals surface area contributed by atoms with Gasteiger partial charge in [0.05, 0.1) is 28.0 Å². The first-order valence-electron chi connectivity index (χ1n) is 10.0. The van der Waals surface area contributed by atoms with Crippen LogP contribution < -0.4 is 5.32 Å². The maximum atomic E-state index is 12.6. The molecule has 1 aliphatic heterocycles. The van der Waals surface area contributed by atoms with Gasteiger partial charge in [-0.3, -0.25) is 9.59 Å². The summed E-state index contributed by atoms with van der Waals surface area (Å²) in [6.45, 7) is 5.82. The minimum atomic E-state index is -0.183. The van der Waals surface area contributed by atoms with Crippen LogP contribution in [0.25, 0.3) is 16.5 Å². The molecule has 0 radical (unpaired) electrons. The van der Waals surface area contributed by atoms with Gasteiger partial charge in [-0.2, -0.15) is 5.10 Å². The van der Waals surface area contributed by atoms with E-state index in [0.717, 1.165) is 35.5 Å². The summed E-state index contributed by atoms with van der Waals surface area (Å²) in [4.78, 5) is 36.2. The molecule has 30 heavy (non-hydrogen) atoms. The zero-order chi connectivity index (χ0) is 21.1. The van der Waals surface area contributed by atoms with Gasteiger partial charge in [0.25, 0.3) is 11.9 Å². The van der Waals surface area contributed by atoms with E-state index < -0.39 is 0 Å². The molecule has 3 aromatic heterocycles. The van der Waals surface area contributed by atoms with Gasteiger partial charge in [0, 0.05) is 32.3 Å². The van der Waals surface area contributed by atoms with Crippen molar-refractivity contribution in [1.82, 2.24) is 30.0 Å². The van der Waals surface area contributed by atoms with E-state index in [4.69, 9.17) is 0 Å². The van der Waals surface area contributed by atoms with E-state index in [0.29, 0.717) is 36.7 Å². The number of aromatic nitrogens is 4. The molecule has 0 spiro atoms. The number of likely N-dealkylation sites (tertiary alicyclic amines) is 1. The van der Waals surface area contributed by atoms with Crippen molar-refractivity contribution in [2.75, 3.05) is 19.6 Å². The van der Waals surface area contributed by atoms with Crippen molar-refractivity contribution >= 4 is 23.2 Å². The molecule has 0 aliphatic carbocycles. The fraction of sp³-hybridized carbons (Fsp3) is 0.381. The van der Waals surface area contributed by atoms with E-state index in [1.165, 1.54) is 0 Å². The SMILES string of the molecule is Cc1cnc(-n2ncc(C(=O)NCCCN3CCCC3=O)c2C)nc1-c1cccs1. The molecule has 0 bridgehead atoms. The Labute approximate surface area is 179 Å². The highest BCUT2D eigenvalue weighted by molar-refractivity contribution is 7.13. The minimum absolute atomic E-state index is 0.183. The highest BCUT2D eigenvalue weighted by Gasteiger charge is 2.20. The van der Waals surface area contributed by atoms with Crippen LogP contribution in [0.1, 0.15) is 40.9 Å². The van der Waals surface area contributed by atoms with E-state index in [1.807, 2.05) is 36.3 Å². The Bertz CT molecular complexity index is 1060. The maximum absolute atomic E-state index is 12.6. The molecule has 9 heteroatoms. The number of nitrogens with one attached hydrogen (secondary N) is 1. The maximum Gasteiger partial charge on any atom is 0.254 e. The molecular weight excluding hydrogens is 400 g/mol. The van der Waals surface area contributed by atoms with Crippen molar-refractivity contribution < 1.29 is 9.59 Å². The molecule has 0 atom stereocenters. The zero-order valence-corrected chi connectivity index (χ0v) is 17.9. The number of hydrogen-bond donors (Lipinski definition) is 1. The summed E-state index contributed by atoms with van der Waals surface area (Å²) in [5.41, 5.74) is 3.03. The lowest BCUT2D eigenvalue weighted by molar-refractivity contribution is -0.127.